The van der Waals surface area contributed by atoms with E-state index in [1.807, 2.05) is 12.1 Å². The van der Waals surface area contributed by atoms with Crippen LogP contribution in [0.5, 0.6) is 0 Å². The fraction of sp³-hybridized carbons (Fsp3) is 0.533. The Labute approximate surface area is 135 Å². The van der Waals surface area contributed by atoms with E-state index in [0.717, 1.165) is 30.4 Å². The quantitative estimate of drug-likeness (QED) is 0.817. The summed E-state index contributed by atoms with van der Waals surface area (Å²) in [5.74, 6) is 0.172. The van der Waals surface area contributed by atoms with E-state index in [0.29, 0.717) is 12.5 Å². The molecule has 0 saturated carbocycles. The number of benzene rings is 1. The molecule has 1 unspecified atom stereocenters. The van der Waals surface area contributed by atoms with Crippen molar-refractivity contribution in [3.05, 3.63) is 34.3 Å². The number of hydrogen-bond donors (Lipinski definition) is 2. The lowest BCUT2D eigenvalue weighted by molar-refractivity contribution is -0.121. The molecule has 2 rings (SSSR count). The summed E-state index contributed by atoms with van der Waals surface area (Å²) in [6.07, 6.45) is 4.95. The molecule has 112 valence electrons. The lowest BCUT2D eigenvalue weighted by Gasteiger charge is -2.10. The van der Waals surface area contributed by atoms with Crippen LogP contribution in [0.4, 0.5) is 0 Å². The minimum Gasteiger partial charge on any atom is -0.356 e. The fourth-order valence-electron chi connectivity index (χ4n) is 2.39. The van der Waals surface area contributed by atoms with Crippen molar-refractivity contribution >= 4 is 34.2 Å². The Morgan fingerprint density at radius 3 is 2.75 bits per heavy atom. The van der Waals surface area contributed by atoms with Gasteiger partial charge in [-0.1, -0.05) is 28.1 Å². The van der Waals surface area contributed by atoms with Gasteiger partial charge in [0.15, 0.2) is 0 Å². The van der Waals surface area contributed by atoms with Gasteiger partial charge >= 0.3 is 0 Å². The first kappa shape index (κ1) is 17.5. The Bertz CT molecular complexity index is 405. The fourth-order valence-corrected chi connectivity index (χ4v) is 2.66. The predicted octanol–water partition coefficient (Wildman–Crippen LogP) is 3.06. The summed E-state index contributed by atoms with van der Waals surface area (Å²) < 4.78 is 1.09. The first-order valence-electron chi connectivity index (χ1n) is 6.98. The van der Waals surface area contributed by atoms with Crippen LogP contribution in [0.25, 0.3) is 0 Å². The smallest absolute Gasteiger partial charge is 0.220 e. The van der Waals surface area contributed by atoms with Gasteiger partial charge in [-0.2, -0.15) is 0 Å². The van der Waals surface area contributed by atoms with Crippen molar-refractivity contribution in [2.75, 3.05) is 13.1 Å². The molecule has 0 aliphatic carbocycles. The lowest BCUT2D eigenvalue weighted by atomic mass is 10.1. The Morgan fingerprint density at radius 1 is 1.35 bits per heavy atom. The van der Waals surface area contributed by atoms with E-state index in [1.165, 1.54) is 18.4 Å². The largest absolute Gasteiger partial charge is 0.356 e. The Kier molecular flexibility index (Phi) is 8.19. The van der Waals surface area contributed by atoms with Crippen molar-refractivity contribution in [2.24, 2.45) is 0 Å². The molecule has 0 radical (unpaired) electrons. The van der Waals surface area contributed by atoms with Crippen molar-refractivity contribution < 1.29 is 4.79 Å². The van der Waals surface area contributed by atoms with Crippen molar-refractivity contribution in [3.8, 4) is 0 Å². The van der Waals surface area contributed by atoms with Crippen LogP contribution in [-0.2, 0) is 11.2 Å². The molecular weight excluding hydrogens is 340 g/mol. The van der Waals surface area contributed by atoms with Crippen LogP contribution in [-0.4, -0.2) is 25.0 Å². The molecule has 0 bridgehead atoms. The molecule has 1 saturated heterocycles. The molecule has 1 aliphatic heterocycles. The van der Waals surface area contributed by atoms with Gasteiger partial charge in [0, 0.05) is 23.5 Å². The molecule has 1 heterocycles. The van der Waals surface area contributed by atoms with E-state index in [2.05, 4.69) is 38.7 Å². The van der Waals surface area contributed by atoms with Gasteiger partial charge in [0.05, 0.1) is 0 Å². The maximum atomic E-state index is 11.7. The molecule has 1 aliphatic rings. The van der Waals surface area contributed by atoms with E-state index in [9.17, 15) is 4.79 Å². The molecular formula is C15H22BrClN2O. The summed E-state index contributed by atoms with van der Waals surface area (Å²) in [6.45, 7) is 1.83. The van der Waals surface area contributed by atoms with Gasteiger partial charge in [-0.05, 0) is 49.9 Å². The zero-order chi connectivity index (χ0) is 13.5. The Morgan fingerprint density at radius 2 is 2.10 bits per heavy atom. The molecule has 1 amide bonds. The van der Waals surface area contributed by atoms with Crippen LogP contribution in [0.3, 0.4) is 0 Å². The number of amides is 1. The standard InChI is InChI=1S/C15H21BrN2O.ClH/c16-13-5-3-12(4-6-13)9-11-18-15(19)8-7-14-2-1-10-17-14;/h3-6,14,17H,1-2,7-11H2,(H,18,19);1H. The predicted molar refractivity (Wildman–Crippen MR) is 88.4 cm³/mol. The summed E-state index contributed by atoms with van der Waals surface area (Å²) in [5.41, 5.74) is 1.25. The van der Waals surface area contributed by atoms with Crippen LogP contribution in [0.15, 0.2) is 28.7 Å². The normalized spacial score (nSPS) is 17.6. The molecule has 2 N–H and O–H groups in total. The maximum Gasteiger partial charge on any atom is 0.220 e. The number of halogens is 2. The number of nitrogens with one attached hydrogen (secondary N) is 2. The highest BCUT2D eigenvalue weighted by Crippen LogP contribution is 2.11. The SMILES string of the molecule is Cl.O=C(CCC1CCCN1)NCCc1ccc(Br)cc1. The molecule has 3 nitrogen and oxygen atoms in total. The van der Waals surface area contributed by atoms with Crippen molar-refractivity contribution in [1.82, 2.24) is 10.6 Å². The van der Waals surface area contributed by atoms with Crippen LogP contribution >= 0.6 is 28.3 Å². The topological polar surface area (TPSA) is 41.1 Å². The Balaban J connectivity index is 0.00000200. The third kappa shape index (κ3) is 6.25. The third-order valence-electron chi connectivity index (χ3n) is 3.53. The maximum absolute atomic E-state index is 11.7. The number of carbonyl (C=O) groups is 1. The van der Waals surface area contributed by atoms with Crippen molar-refractivity contribution in [2.45, 2.75) is 38.1 Å². The second-order valence-corrected chi connectivity index (χ2v) is 5.97. The van der Waals surface area contributed by atoms with E-state index < -0.39 is 0 Å². The molecule has 1 aromatic rings. The van der Waals surface area contributed by atoms with Gasteiger partial charge in [0.1, 0.15) is 0 Å². The number of rotatable bonds is 6. The number of hydrogen-bond acceptors (Lipinski definition) is 2. The van der Waals surface area contributed by atoms with Crippen molar-refractivity contribution in [3.63, 3.8) is 0 Å². The van der Waals surface area contributed by atoms with Gasteiger partial charge in [0.25, 0.3) is 0 Å². The molecule has 1 fully saturated rings. The molecule has 0 spiro atoms. The first-order valence-corrected chi connectivity index (χ1v) is 7.78. The van der Waals surface area contributed by atoms with Gasteiger partial charge in [-0.15, -0.1) is 12.4 Å². The van der Waals surface area contributed by atoms with Crippen molar-refractivity contribution in [1.29, 1.82) is 0 Å². The summed E-state index contributed by atoms with van der Waals surface area (Å²) in [5, 5.41) is 6.41. The molecule has 0 aromatic heterocycles. The van der Waals surface area contributed by atoms with Crippen LogP contribution in [0, 0.1) is 0 Å². The summed E-state index contributed by atoms with van der Waals surface area (Å²) >= 11 is 3.41. The van der Waals surface area contributed by atoms with Crippen LogP contribution < -0.4 is 10.6 Å². The zero-order valence-electron chi connectivity index (χ0n) is 11.5. The monoisotopic (exact) mass is 360 g/mol. The van der Waals surface area contributed by atoms with Gasteiger partial charge < -0.3 is 10.6 Å². The summed E-state index contributed by atoms with van der Waals surface area (Å²) in [7, 11) is 0. The highest BCUT2D eigenvalue weighted by atomic mass is 79.9. The van der Waals surface area contributed by atoms with Gasteiger partial charge in [0.2, 0.25) is 5.91 Å². The molecule has 1 aromatic carbocycles. The van der Waals surface area contributed by atoms with E-state index >= 15 is 0 Å². The zero-order valence-corrected chi connectivity index (χ0v) is 13.9. The highest BCUT2D eigenvalue weighted by Gasteiger charge is 2.14. The van der Waals surface area contributed by atoms with E-state index in [1.54, 1.807) is 0 Å². The summed E-state index contributed by atoms with van der Waals surface area (Å²) in [4.78, 5) is 11.7. The molecule has 20 heavy (non-hydrogen) atoms. The van der Waals surface area contributed by atoms with Gasteiger partial charge in [-0.3, -0.25) is 4.79 Å². The molecule has 5 heteroatoms. The number of carbonyl (C=O) groups excluding carboxylic acids is 1. The minimum absolute atomic E-state index is 0. The highest BCUT2D eigenvalue weighted by molar-refractivity contribution is 9.10. The van der Waals surface area contributed by atoms with Crippen LogP contribution in [0.1, 0.15) is 31.2 Å². The van der Waals surface area contributed by atoms with Gasteiger partial charge in [-0.25, -0.2) is 0 Å². The van der Waals surface area contributed by atoms with Crippen LogP contribution in [0.2, 0.25) is 0 Å². The average Bonchev–Trinajstić information content (AvgIpc) is 2.92. The molecule has 1 atom stereocenters. The van der Waals surface area contributed by atoms with E-state index in [-0.39, 0.29) is 18.3 Å². The second kappa shape index (κ2) is 9.37. The average molecular weight is 362 g/mol. The third-order valence-corrected chi connectivity index (χ3v) is 4.06. The second-order valence-electron chi connectivity index (χ2n) is 5.06. The lowest BCUT2D eigenvalue weighted by Crippen LogP contribution is -2.28. The van der Waals surface area contributed by atoms with E-state index in [4.69, 9.17) is 0 Å². The first-order chi connectivity index (χ1) is 9.24. The Hall–Kier alpha value is -0.580. The summed E-state index contributed by atoms with van der Waals surface area (Å²) in [6, 6.07) is 8.78. The minimum atomic E-state index is 0.